The number of benzene rings is 1. The van der Waals surface area contributed by atoms with Gasteiger partial charge in [0, 0.05) is 49.0 Å². The monoisotopic (exact) mass is 362 g/mol. The zero-order valence-electron chi connectivity index (χ0n) is 16.2. The van der Waals surface area contributed by atoms with E-state index in [0.29, 0.717) is 0 Å². The number of carbonyl (C=O) groups is 1. The first-order chi connectivity index (χ1) is 13.0. The summed E-state index contributed by atoms with van der Waals surface area (Å²) < 4.78 is 0. The number of rotatable bonds is 3. The molecule has 140 valence electrons. The van der Waals surface area contributed by atoms with Gasteiger partial charge in [-0.15, -0.1) is 0 Å². The summed E-state index contributed by atoms with van der Waals surface area (Å²) in [5.74, 6) is 1.17. The van der Waals surface area contributed by atoms with Gasteiger partial charge < -0.3 is 14.8 Å². The van der Waals surface area contributed by atoms with Crippen molar-refractivity contribution in [2.75, 3.05) is 31.1 Å². The van der Waals surface area contributed by atoms with Crippen LogP contribution in [0.4, 0.5) is 5.82 Å². The second kappa shape index (κ2) is 6.72. The molecule has 0 unspecified atom stereocenters. The molecule has 5 nitrogen and oxygen atoms in total. The lowest BCUT2D eigenvalue weighted by Gasteiger charge is -2.39. The standard InChI is InChI=1S/C22H26N4O/c1-16-20(17-8-4-5-9-18(17)24-16)22(2,3)21(27)26-14-12-25(13-15-26)19-10-6-7-11-23-19/h4-11,24H,12-15H2,1-3H3. The van der Waals surface area contributed by atoms with Crippen LogP contribution >= 0.6 is 0 Å². The molecule has 1 fully saturated rings. The molecule has 1 aliphatic heterocycles. The van der Waals surface area contributed by atoms with Crippen LogP contribution < -0.4 is 4.90 Å². The van der Waals surface area contributed by atoms with E-state index in [0.717, 1.165) is 54.2 Å². The van der Waals surface area contributed by atoms with Crippen molar-refractivity contribution >= 4 is 22.6 Å². The predicted molar refractivity (Wildman–Crippen MR) is 109 cm³/mol. The van der Waals surface area contributed by atoms with Crippen LogP contribution in [0, 0.1) is 6.92 Å². The van der Waals surface area contributed by atoms with Crippen LogP contribution in [0.15, 0.2) is 48.7 Å². The molecule has 1 saturated heterocycles. The maximum Gasteiger partial charge on any atom is 0.232 e. The minimum absolute atomic E-state index is 0.191. The van der Waals surface area contributed by atoms with E-state index in [-0.39, 0.29) is 5.91 Å². The average Bonchev–Trinajstić information content (AvgIpc) is 3.04. The molecule has 4 rings (SSSR count). The van der Waals surface area contributed by atoms with E-state index in [2.05, 4.69) is 33.9 Å². The number of aromatic amines is 1. The Bertz CT molecular complexity index is 953. The van der Waals surface area contributed by atoms with Gasteiger partial charge >= 0.3 is 0 Å². The Morgan fingerprint density at radius 2 is 1.74 bits per heavy atom. The highest BCUT2D eigenvalue weighted by atomic mass is 16.2. The van der Waals surface area contributed by atoms with Gasteiger partial charge in [-0.25, -0.2) is 4.98 Å². The number of hydrogen-bond donors (Lipinski definition) is 1. The van der Waals surface area contributed by atoms with Gasteiger partial charge in [0.25, 0.3) is 0 Å². The average molecular weight is 362 g/mol. The number of pyridine rings is 1. The summed E-state index contributed by atoms with van der Waals surface area (Å²) in [6, 6.07) is 14.2. The molecule has 0 atom stereocenters. The molecule has 0 aliphatic carbocycles. The molecular formula is C22H26N4O. The summed E-state index contributed by atoms with van der Waals surface area (Å²) in [4.78, 5) is 25.5. The number of nitrogens with one attached hydrogen (secondary N) is 1. The number of hydrogen-bond acceptors (Lipinski definition) is 3. The zero-order valence-corrected chi connectivity index (χ0v) is 16.2. The maximum atomic E-state index is 13.4. The third-order valence-electron chi connectivity index (χ3n) is 5.59. The summed E-state index contributed by atoms with van der Waals surface area (Å²) >= 11 is 0. The molecule has 0 saturated carbocycles. The van der Waals surface area contributed by atoms with Crippen LogP contribution in [0.1, 0.15) is 25.1 Å². The summed E-state index contributed by atoms with van der Waals surface area (Å²) in [6.07, 6.45) is 1.82. The number of aryl methyl sites for hydroxylation is 1. The van der Waals surface area contributed by atoms with Crippen molar-refractivity contribution < 1.29 is 4.79 Å². The lowest BCUT2D eigenvalue weighted by Crippen LogP contribution is -2.53. The molecule has 0 spiro atoms. The van der Waals surface area contributed by atoms with Crippen LogP contribution in [0.2, 0.25) is 0 Å². The fraction of sp³-hybridized carbons (Fsp3) is 0.364. The Kier molecular flexibility index (Phi) is 4.38. The van der Waals surface area contributed by atoms with E-state index in [9.17, 15) is 4.79 Å². The molecule has 3 heterocycles. The normalized spacial score (nSPS) is 15.4. The van der Waals surface area contributed by atoms with Gasteiger partial charge in [-0.2, -0.15) is 0 Å². The minimum atomic E-state index is -0.573. The lowest BCUT2D eigenvalue weighted by atomic mass is 9.81. The van der Waals surface area contributed by atoms with Crippen LogP contribution in [-0.4, -0.2) is 47.0 Å². The number of H-pyrrole nitrogens is 1. The van der Waals surface area contributed by atoms with E-state index in [1.807, 2.05) is 55.3 Å². The van der Waals surface area contributed by atoms with Crippen molar-refractivity contribution in [2.24, 2.45) is 0 Å². The van der Waals surface area contributed by atoms with Gasteiger partial charge in [-0.1, -0.05) is 24.3 Å². The molecule has 0 bridgehead atoms. The lowest BCUT2D eigenvalue weighted by molar-refractivity contribution is -0.136. The van der Waals surface area contributed by atoms with E-state index < -0.39 is 5.41 Å². The number of anilines is 1. The Morgan fingerprint density at radius 3 is 2.44 bits per heavy atom. The van der Waals surface area contributed by atoms with Crippen molar-refractivity contribution in [3.63, 3.8) is 0 Å². The highest BCUT2D eigenvalue weighted by Gasteiger charge is 2.38. The predicted octanol–water partition coefficient (Wildman–Crippen LogP) is 3.50. The number of piperazine rings is 1. The van der Waals surface area contributed by atoms with Crippen LogP contribution in [0.3, 0.4) is 0 Å². The van der Waals surface area contributed by atoms with Crippen LogP contribution in [0.25, 0.3) is 10.9 Å². The van der Waals surface area contributed by atoms with Crippen molar-refractivity contribution in [1.29, 1.82) is 0 Å². The highest BCUT2D eigenvalue weighted by Crippen LogP contribution is 2.35. The van der Waals surface area contributed by atoms with Crippen molar-refractivity contribution in [3.05, 3.63) is 59.9 Å². The van der Waals surface area contributed by atoms with Crippen molar-refractivity contribution in [2.45, 2.75) is 26.2 Å². The van der Waals surface area contributed by atoms with Gasteiger partial charge in [0.15, 0.2) is 0 Å². The molecule has 2 aromatic heterocycles. The topological polar surface area (TPSA) is 52.2 Å². The number of aromatic nitrogens is 2. The SMILES string of the molecule is Cc1[nH]c2ccccc2c1C(C)(C)C(=O)N1CCN(c2ccccn2)CC1. The number of fused-ring (bicyclic) bond motifs is 1. The molecule has 1 aromatic carbocycles. The van der Waals surface area contributed by atoms with E-state index in [4.69, 9.17) is 0 Å². The number of nitrogens with zero attached hydrogens (tertiary/aromatic N) is 3. The molecule has 3 aromatic rings. The summed E-state index contributed by atoms with van der Waals surface area (Å²) in [5.41, 5.74) is 2.69. The molecule has 1 amide bonds. The van der Waals surface area contributed by atoms with E-state index in [1.54, 1.807) is 0 Å². The first-order valence-electron chi connectivity index (χ1n) is 9.51. The third-order valence-corrected chi connectivity index (χ3v) is 5.59. The smallest absolute Gasteiger partial charge is 0.232 e. The Morgan fingerprint density at radius 1 is 1.04 bits per heavy atom. The van der Waals surface area contributed by atoms with Crippen LogP contribution in [0.5, 0.6) is 0 Å². The fourth-order valence-electron chi connectivity index (χ4n) is 4.26. The molecule has 1 N–H and O–H groups in total. The summed E-state index contributed by atoms with van der Waals surface area (Å²) in [5, 5.41) is 1.14. The van der Waals surface area contributed by atoms with E-state index in [1.165, 1.54) is 0 Å². The number of para-hydroxylation sites is 1. The van der Waals surface area contributed by atoms with Crippen LogP contribution in [-0.2, 0) is 10.2 Å². The Hall–Kier alpha value is -2.82. The second-order valence-electron chi connectivity index (χ2n) is 7.76. The molecule has 0 radical (unpaired) electrons. The minimum Gasteiger partial charge on any atom is -0.358 e. The molecule has 5 heteroatoms. The first-order valence-corrected chi connectivity index (χ1v) is 9.51. The first kappa shape index (κ1) is 17.6. The van der Waals surface area contributed by atoms with Gasteiger partial charge in [0.05, 0.1) is 5.41 Å². The maximum absolute atomic E-state index is 13.4. The molecule has 27 heavy (non-hydrogen) atoms. The Labute approximate surface area is 160 Å². The quantitative estimate of drug-likeness (QED) is 0.776. The number of amides is 1. The largest absolute Gasteiger partial charge is 0.358 e. The van der Waals surface area contributed by atoms with Gasteiger partial charge in [-0.05, 0) is 44.5 Å². The second-order valence-corrected chi connectivity index (χ2v) is 7.76. The van der Waals surface area contributed by atoms with E-state index >= 15 is 0 Å². The van der Waals surface area contributed by atoms with Crippen molar-refractivity contribution in [3.8, 4) is 0 Å². The van der Waals surface area contributed by atoms with Crippen molar-refractivity contribution in [1.82, 2.24) is 14.9 Å². The van der Waals surface area contributed by atoms with Gasteiger partial charge in [0.1, 0.15) is 5.82 Å². The highest BCUT2D eigenvalue weighted by molar-refractivity contribution is 5.95. The summed E-state index contributed by atoms with van der Waals surface area (Å²) in [6.45, 7) is 9.22. The molecular weight excluding hydrogens is 336 g/mol. The zero-order chi connectivity index (χ0) is 19.0. The molecule has 1 aliphatic rings. The number of carbonyl (C=O) groups excluding carboxylic acids is 1. The Balaban J connectivity index is 1.55. The fourth-order valence-corrected chi connectivity index (χ4v) is 4.26. The van der Waals surface area contributed by atoms with Gasteiger partial charge in [0.2, 0.25) is 5.91 Å². The van der Waals surface area contributed by atoms with Gasteiger partial charge in [-0.3, -0.25) is 4.79 Å². The third kappa shape index (κ3) is 3.07. The summed E-state index contributed by atoms with van der Waals surface area (Å²) in [7, 11) is 0.